The zero-order chi connectivity index (χ0) is 39.1. The van der Waals surface area contributed by atoms with Gasteiger partial charge in [-0.25, -0.2) is 4.57 Å². The van der Waals surface area contributed by atoms with E-state index in [1.807, 2.05) is 0 Å². The van der Waals surface area contributed by atoms with Crippen LogP contribution in [0.2, 0.25) is 0 Å². The summed E-state index contributed by atoms with van der Waals surface area (Å²) in [6.45, 7) is 2.42. The minimum Gasteiger partial charge on any atom is -0.462 e. The van der Waals surface area contributed by atoms with Gasteiger partial charge in [-0.1, -0.05) is 194 Å². The second-order valence-electron chi connectivity index (χ2n) is 15.1. The van der Waals surface area contributed by atoms with Gasteiger partial charge in [0.15, 0.2) is 6.10 Å². The number of unbranched alkanes of at least 4 members (excludes halogenated alkanes) is 28. The molecule has 0 aromatic rings. The van der Waals surface area contributed by atoms with Crippen LogP contribution in [0.5, 0.6) is 0 Å². The molecule has 0 fully saturated rings. The number of ether oxygens (including phenoxy) is 2. The number of phosphoric ester groups is 1. The SMILES string of the molecule is CCCCCCCCCCCCCCCCCCCC(=O)OC[C@H](COP(=O)(O)OC[C@@H](O)CO)OC(=O)CCCCCCCCCCCCCCC. The van der Waals surface area contributed by atoms with Gasteiger partial charge in [0.25, 0.3) is 0 Å². The average Bonchev–Trinajstić information content (AvgIpc) is 3.14. The molecule has 0 aliphatic carbocycles. The van der Waals surface area contributed by atoms with Crippen LogP contribution in [0.15, 0.2) is 0 Å². The molecule has 316 valence electrons. The normalized spacial score (nSPS) is 13.8. The molecule has 0 spiro atoms. The Morgan fingerprint density at radius 2 is 0.811 bits per heavy atom. The van der Waals surface area contributed by atoms with E-state index in [0.717, 1.165) is 32.1 Å². The number of carbonyl (C=O) groups excluding carboxylic acids is 2. The molecule has 3 atom stereocenters. The van der Waals surface area contributed by atoms with Gasteiger partial charge < -0.3 is 24.6 Å². The molecule has 1 unspecified atom stereocenters. The van der Waals surface area contributed by atoms with E-state index in [2.05, 4.69) is 18.4 Å². The summed E-state index contributed by atoms with van der Waals surface area (Å²) in [5.41, 5.74) is 0. The Balaban J connectivity index is 4.22. The van der Waals surface area contributed by atoms with Crippen LogP contribution < -0.4 is 0 Å². The first kappa shape index (κ1) is 52.0. The Morgan fingerprint density at radius 1 is 0.491 bits per heavy atom. The number of rotatable bonds is 42. The van der Waals surface area contributed by atoms with Crippen molar-refractivity contribution in [3.05, 3.63) is 0 Å². The lowest BCUT2D eigenvalue weighted by Gasteiger charge is -2.20. The largest absolute Gasteiger partial charge is 0.472 e. The molecule has 0 rings (SSSR count). The van der Waals surface area contributed by atoms with Crippen LogP contribution in [0.3, 0.4) is 0 Å². The van der Waals surface area contributed by atoms with Crippen LogP contribution in [0.25, 0.3) is 0 Å². The molecular formula is C42H83O10P. The van der Waals surface area contributed by atoms with Crippen molar-refractivity contribution in [3.8, 4) is 0 Å². The minimum atomic E-state index is -4.61. The van der Waals surface area contributed by atoms with E-state index in [1.165, 1.54) is 148 Å². The Hall–Kier alpha value is -1.03. The second kappa shape index (κ2) is 39.2. The zero-order valence-electron chi connectivity index (χ0n) is 34.3. The molecule has 0 saturated heterocycles. The molecule has 0 aliphatic rings. The molecule has 0 radical (unpaired) electrons. The molecule has 0 heterocycles. The molecule has 10 nitrogen and oxygen atoms in total. The van der Waals surface area contributed by atoms with Crippen molar-refractivity contribution in [1.29, 1.82) is 0 Å². The fourth-order valence-electron chi connectivity index (χ4n) is 6.35. The number of aliphatic hydroxyl groups excluding tert-OH is 2. The highest BCUT2D eigenvalue weighted by molar-refractivity contribution is 7.47. The molecule has 0 bridgehead atoms. The van der Waals surface area contributed by atoms with Crippen LogP contribution in [-0.4, -0.2) is 65.7 Å². The Morgan fingerprint density at radius 3 is 1.17 bits per heavy atom. The predicted molar refractivity (Wildman–Crippen MR) is 215 cm³/mol. The standard InChI is InChI=1S/C42H83O10P/c1-3-5-7-9-11-13-15-17-18-19-20-22-23-25-27-29-31-33-41(45)49-37-40(38-51-53(47,48)50-36-39(44)35-43)52-42(46)34-32-30-28-26-24-21-16-14-12-10-8-6-4-2/h39-40,43-44H,3-38H2,1-2H3,(H,47,48)/t39-,40+/m0/s1. The van der Waals surface area contributed by atoms with Gasteiger partial charge in [0.2, 0.25) is 0 Å². The van der Waals surface area contributed by atoms with Gasteiger partial charge in [-0.05, 0) is 12.8 Å². The summed E-state index contributed by atoms with van der Waals surface area (Å²) in [6, 6.07) is 0. The summed E-state index contributed by atoms with van der Waals surface area (Å²) in [4.78, 5) is 35.0. The van der Waals surface area contributed by atoms with E-state index >= 15 is 0 Å². The smallest absolute Gasteiger partial charge is 0.462 e. The molecule has 0 saturated carbocycles. The number of carbonyl (C=O) groups is 2. The van der Waals surface area contributed by atoms with Crippen LogP contribution in [-0.2, 0) is 32.7 Å². The van der Waals surface area contributed by atoms with Crippen molar-refractivity contribution in [1.82, 2.24) is 0 Å². The average molecular weight is 779 g/mol. The highest BCUT2D eigenvalue weighted by atomic mass is 31.2. The van der Waals surface area contributed by atoms with E-state index in [9.17, 15) is 24.2 Å². The highest BCUT2D eigenvalue weighted by Gasteiger charge is 2.27. The predicted octanol–water partition coefficient (Wildman–Crippen LogP) is 11.5. The van der Waals surface area contributed by atoms with Crippen molar-refractivity contribution in [2.75, 3.05) is 26.4 Å². The van der Waals surface area contributed by atoms with Crippen molar-refractivity contribution in [2.45, 2.75) is 232 Å². The summed E-state index contributed by atoms with van der Waals surface area (Å²) in [6.07, 6.45) is 34.9. The Bertz CT molecular complexity index is 858. The zero-order valence-corrected chi connectivity index (χ0v) is 35.2. The number of aliphatic hydroxyl groups is 2. The maximum absolute atomic E-state index is 12.6. The molecular weight excluding hydrogens is 695 g/mol. The number of phosphoric acid groups is 1. The van der Waals surface area contributed by atoms with Gasteiger partial charge in [0.1, 0.15) is 12.7 Å². The summed E-state index contributed by atoms with van der Waals surface area (Å²) in [7, 11) is -4.61. The van der Waals surface area contributed by atoms with E-state index < -0.39 is 51.8 Å². The maximum Gasteiger partial charge on any atom is 0.472 e. The lowest BCUT2D eigenvalue weighted by Crippen LogP contribution is -2.29. The third-order valence-electron chi connectivity index (χ3n) is 9.76. The first-order valence-electron chi connectivity index (χ1n) is 22.0. The van der Waals surface area contributed by atoms with Gasteiger partial charge in [0, 0.05) is 12.8 Å². The summed E-state index contributed by atoms with van der Waals surface area (Å²) >= 11 is 0. The lowest BCUT2D eigenvalue weighted by molar-refractivity contribution is -0.161. The van der Waals surface area contributed by atoms with Crippen molar-refractivity contribution in [3.63, 3.8) is 0 Å². The molecule has 0 aromatic heterocycles. The van der Waals surface area contributed by atoms with Crippen LogP contribution in [0, 0.1) is 0 Å². The Kier molecular flexibility index (Phi) is 38.5. The van der Waals surface area contributed by atoms with Crippen molar-refractivity contribution < 1.29 is 47.8 Å². The number of esters is 2. The van der Waals surface area contributed by atoms with Gasteiger partial charge in [0.05, 0.1) is 19.8 Å². The third kappa shape index (κ3) is 39.0. The summed E-state index contributed by atoms with van der Waals surface area (Å²) in [5, 5.41) is 18.3. The molecule has 11 heteroatoms. The van der Waals surface area contributed by atoms with Crippen LogP contribution in [0.1, 0.15) is 219 Å². The third-order valence-corrected chi connectivity index (χ3v) is 10.7. The highest BCUT2D eigenvalue weighted by Crippen LogP contribution is 2.43. The Labute approximate surface area is 324 Å². The fourth-order valence-corrected chi connectivity index (χ4v) is 7.14. The van der Waals surface area contributed by atoms with Gasteiger partial charge >= 0.3 is 19.8 Å². The van der Waals surface area contributed by atoms with Gasteiger partial charge in [-0.3, -0.25) is 18.6 Å². The van der Waals surface area contributed by atoms with Crippen molar-refractivity contribution in [2.24, 2.45) is 0 Å². The van der Waals surface area contributed by atoms with Gasteiger partial charge in [-0.2, -0.15) is 0 Å². The fraction of sp³-hybridized carbons (Fsp3) is 0.952. The minimum absolute atomic E-state index is 0.192. The van der Waals surface area contributed by atoms with Crippen molar-refractivity contribution >= 4 is 19.8 Å². The lowest BCUT2D eigenvalue weighted by atomic mass is 10.0. The van der Waals surface area contributed by atoms with Gasteiger partial charge in [-0.15, -0.1) is 0 Å². The number of hydrogen-bond acceptors (Lipinski definition) is 9. The van der Waals surface area contributed by atoms with E-state index in [0.29, 0.717) is 12.8 Å². The second-order valence-corrected chi connectivity index (χ2v) is 16.5. The monoisotopic (exact) mass is 779 g/mol. The molecule has 0 amide bonds. The first-order valence-corrected chi connectivity index (χ1v) is 23.5. The van der Waals surface area contributed by atoms with E-state index in [1.54, 1.807) is 0 Å². The summed E-state index contributed by atoms with van der Waals surface area (Å²) < 4.78 is 32.7. The maximum atomic E-state index is 12.6. The quantitative estimate of drug-likeness (QED) is 0.0310. The molecule has 0 aromatic carbocycles. The topological polar surface area (TPSA) is 149 Å². The molecule has 3 N–H and O–H groups in total. The number of hydrogen-bond donors (Lipinski definition) is 3. The summed E-state index contributed by atoms with van der Waals surface area (Å²) in [5.74, 6) is -0.909. The molecule has 53 heavy (non-hydrogen) atoms. The first-order chi connectivity index (χ1) is 25.7. The van der Waals surface area contributed by atoms with E-state index in [-0.39, 0.29) is 19.4 Å². The van der Waals surface area contributed by atoms with Crippen LogP contribution in [0.4, 0.5) is 0 Å². The molecule has 0 aliphatic heterocycles. The van der Waals surface area contributed by atoms with E-state index in [4.69, 9.17) is 19.1 Å². The van der Waals surface area contributed by atoms with Crippen LogP contribution >= 0.6 is 7.82 Å².